The van der Waals surface area contributed by atoms with Crippen LogP contribution in [0.1, 0.15) is 59.5 Å². The van der Waals surface area contributed by atoms with Gasteiger partial charge in [0.05, 0.1) is 5.69 Å². The molecule has 7 nitrogen and oxygen atoms in total. The van der Waals surface area contributed by atoms with Gasteiger partial charge in [0.2, 0.25) is 17.7 Å². The second kappa shape index (κ2) is 10.00. The van der Waals surface area contributed by atoms with Gasteiger partial charge in [0, 0.05) is 29.5 Å². The molecule has 1 aromatic heterocycles. The Balaban J connectivity index is 1.25. The molecular weight excluding hydrogens is 460 g/mol. The molecule has 35 heavy (non-hydrogen) atoms. The summed E-state index contributed by atoms with van der Waals surface area (Å²) in [7, 11) is 0. The number of benzene rings is 2. The van der Waals surface area contributed by atoms with Gasteiger partial charge in [-0.25, -0.2) is 4.98 Å². The number of nitrogens with zero attached hydrogens (tertiary/aromatic N) is 2. The van der Waals surface area contributed by atoms with Gasteiger partial charge in [0.1, 0.15) is 6.04 Å². The van der Waals surface area contributed by atoms with Crippen LogP contribution in [0.5, 0.6) is 0 Å². The van der Waals surface area contributed by atoms with Gasteiger partial charge in [0.15, 0.2) is 5.13 Å². The van der Waals surface area contributed by atoms with Crippen LogP contribution in [-0.2, 0) is 16.0 Å². The maximum Gasteiger partial charge on any atom is 0.249 e. The molecule has 1 unspecified atom stereocenters. The molecule has 2 aliphatic rings. The van der Waals surface area contributed by atoms with Crippen LogP contribution >= 0.6 is 11.3 Å². The Morgan fingerprint density at radius 2 is 1.89 bits per heavy atom. The third kappa shape index (κ3) is 5.27. The number of hydrogen-bond acceptors (Lipinski definition) is 5. The Morgan fingerprint density at radius 3 is 2.63 bits per heavy atom. The first-order valence-electron chi connectivity index (χ1n) is 12.0. The Labute approximate surface area is 208 Å². The number of nitrogens with one attached hydrogen (secondary N) is 1. The molecule has 2 heterocycles. The highest BCUT2D eigenvalue weighted by atomic mass is 32.1. The van der Waals surface area contributed by atoms with E-state index >= 15 is 0 Å². The van der Waals surface area contributed by atoms with Crippen LogP contribution in [0, 0.1) is 0 Å². The highest BCUT2D eigenvalue weighted by molar-refractivity contribution is 7.14. The fraction of sp³-hybridized carbons (Fsp3) is 0.333. The molecule has 0 spiro atoms. The third-order valence-electron chi connectivity index (χ3n) is 6.71. The number of aryl methyl sites for hydroxylation is 1. The first kappa shape index (κ1) is 23.2. The zero-order chi connectivity index (χ0) is 24.4. The van der Waals surface area contributed by atoms with E-state index in [0.29, 0.717) is 53.7 Å². The van der Waals surface area contributed by atoms with Crippen molar-refractivity contribution in [1.82, 2.24) is 9.88 Å². The molecule has 1 atom stereocenters. The Morgan fingerprint density at radius 1 is 1.09 bits per heavy atom. The van der Waals surface area contributed by atoms with Gasteiger partial charge < -0.3 is 16.0 Å². The maximum absolute atomic E-state index is 13.0. The number of rotatable bonds is 8. The van der Waals surface area contributed by atoms with Crippen LogP contribution in [0.3, 0.4) is 0 Å². The number of carbonyl (C=O) groups is 3. The summed E-state index contributed by atoms with van der Waals surface area (Å²) in [5.41, 5.74) is 9.60. The molecule has 0 radical (unpaired) electrons. The van der Waals surface area contributed by atoms with Gasteiger partial charge in [-0.1, -0.05) is 42.5 Å². The number of amides is 3. The fourth-order valence-corrected chi connectivity index (χ4v) is 5.39. The smallest absolute Gasteiger partial charge is 0.249 e. The predicted molar refractivity (Wildman–Crippen MR) is 136 cm³/mol. The number of carbonyl (C=O) groups excluding carboxylic acids is 3. The van der Waals surface area contributed by atoms with Crippen LogP contribution in [0.4, 0.5) is 5.13 Å². The summed E-state index contributed by atoms with van der Waals surface area (Å²) in [4.78, 5) is 44.2. The minimum Gasteiger partial charge on any atom is -0.366 e. The Kier molecular flexibility index (Phi) is 6.63. The van der Waals surface area contributed by atoms with Crippen LogP contribution < -0.4 is 11.1 Å². The molecule has 0 bridgehead atoms. The fourth-order valence-electron chi connectivity index (χ4n) is 4.68. The largest absolute Gasteiger partial charge is 0.366 e. The molecule has 5 rings (SSSR count). The van der Waals surface area contributed by atoms with Crippen molar-refractivity contribution in [2.75, 3.05) is 11.9 Å². The molecular formula is C27H28N4O3S. The normalized spacial score (nSPS) is 17.4. The van der Waals surface area contributed by atoms with Crippen molar-refractivity contribution in [2.45, 2.75) is 50.5 Å². The first-order chi connectivity index (χ1) is 17.0. The number of primary amides is 1. The lowest BCUT2D eigenvalue weighted by molar-refractivity contribution is -0.136. The zero-order valence-corrected chi connectivity index (χ0v) is 20.2. The number of anilines is 1. The van der Waals surface area contributed by atoms with Crippen molar-refractivity contribution in [3.8, 4) is 11.3 Å². The molecule has 3 N–H and O–H groups in total. The molecule has 1 saturated heterocycles. The molecule has 1 aliphatic heterocycles. The Hall–Kier alpha value is -3.52. The number of hydrogen-bond donors (Lipinski definition) is 2. The van der Waals surface area contributed by atoms with E-state index in [1.807, 2.05) is 53.9 Å². The summed E-state index contributed by atoms with van der Waals surface area (Å²) >= 11 is 1.29. The standard InChI is InChI=1S/C27H28N4O3S/c28-25(33)21-15-19(18-9-10-18)11-12-20(21)22-16-35-27(29-22)30-26(34)23-7-4-14-31(23)24(32)13-8-17-5-2-1-3-6-17/h1-3,5-6,11-12,15-16,18,23H,4,7-10,13-14H2,(H2,28,33)(H,29,30,34). The van der Waals surface area contributed by atoms with Gasteiger partial charge >= 0.3 is 0 Å². The highest BCUT2D eigenvalue weighted by Gasteiger charge is 2.34. The van der Waals surface area contributed by atoms with E-state index in [1.165, 1.54) is 11.3 Å². The topological polar surface area (TPSA) is 105 Å². The van der Waals surface area contributed by atoms with Crippen molar-refractivity contribution in [3.05, 3.63) is 70.6 Å². The summed E-state index contributed by atoms with van der Waals surface area (Å²) in [6.07, 6.45) is 4.74. The average molecular weight is 489 g/mol. The van der Waals surface area contributed by atoms with Crippen LogP contribution in [0.25, 0.3) is 11.3 Å². The lowest BCUT2D eigenvalue weighted by atomic mass is 9.99. The van der Waals surface area contributed by atoms with E-state index in [0.717, 1.165) is 30.4 Å². The van der Waals surface area contributed by atoms with E-state index in [-0.39, 0.29) is 11.8 Å². The molecule has 180 valence electrons. The third-order valence-corrected chi connectivity index (χ3v) is 7.47. The van der Waals surface area contributed by atoms with Crippen molar-refractivity contribution in [2.24, 2.45) is 5.73 Å². The van der Waals surface area contributed by atoms with Gasteiger partial charge in [0.25, 0.3) is 0 Å². The van der Waals surface area contributed by atoms with Crippen molar-refractivity contribution in [3.63, 3.8) is 0 Å². The molecule has 1 aliphatic carbocycles. The monoisotopic (exact) mass is 488 g/mol. The van der Waals surface area contributed by atoms with Crippen molar-refractivity contribution >= 4 is 34.2 Å². The van der Waals surface area contributed by atoms with Crippen molar-refractivity contribution in [1.29, 1.82) is 0 Å². The number of likely N-dealkylation sites (tertiary alicyclic amines) is 1. The highest BCUT2D eigenvalue weighted by Crippen LogP contribution is 2.41. The lowest BCUT2D eigenvalue weighted by Crippen LogP contribution is -2.43. The molecule has 2 fully saturated rings. The van der Waals surface area contributed by atoms with E-state index in [4.69, 9.17) is 5.73 Å². The summed E-state index contributed by atoms with van der Waals surface area (Å²) in [6, 6.07) is 15.2. The molecule has 3 amide bonds. The summed E-state index contributed by atoms with van der Waals surface area (Å²) in [5.74, 6) is -0.210. The van der Waals surface area contributed by atoms with E-state index < -0.39 is 11.9 Å². The molecule has 3 aromatic rings. The summed E-state index contributed by atoms with van der Waals surface area (Å²) < 4.78 is 0. The number of thiazole rings is 1. The zero-order valence-electron chi connectivity index (χ0n) is 19.4. The van der Waals surface area contributed by atoms with E-state index in [9.17, 15) is 14.4 Å². The summed E-state index contributed by atoms with van der Waals surface area (Å²) in [5, 5.41) is 5.13. The quantitative estimate of drug-likeness (QED) is 0.492. The van der Waals surface area contributed by atoms with Gasteiger partial charge in [-0.3, -0.25) is 14.4 Å². The molecule has 8 heteroatoms. The number of aromatic nitrogens is 1. The first-order valence-corrected chi connectivity index (χ1v) is 12.9. The van der Waals surface area contributed by atoms with E-state index in [1.54, 1.807) is 4.90 Å². The minimum atomic E-state index is -0.496. The maximum atomic E-state index is 13.0. The predicted octanol–water partition coefficient (Wildman–Crippen LogP) is 4.35. The minimum absolute atomic E-state index is 0.00631. The summed E-state index contributed by atoms with van der Waals surface area (Å²) in [6.45, 7) is 0.587. The lowest BCUT2D eigenvalue weighted by Gasteiger charge is -2.23. The number of nitrogens with two attached hydrogens (primary N) is 1. The second-order valence-electron chi connectivity index (χ2n) is 9.20. The second-order valence-corrected chi connectivity index (χ2v) is 10.1. The average Bonchev–Trinajstić information content (AvgIpc) is 3.41. The molecule has 2 aromatic carbocycles. The van der Waals surface area contributed by atoms with Crippen LogP contribution in [0.15, 0.2) is 53.9 Å². The van der Waals surface area contributed by atoms with E-state index in [2.05, 4.69) is 10.3 Å². The van der Waals surface area contributed by atoms with Crippen molar-refractivity contribution < 1.29 is 14.4 Å². The van der Waals surface area contributed by atoms with Gasteiger partial charge in [-0.05, 0) is 55.2 Å². The molecule has 1 saturated carbocycles. The van der Waals surface area contributed by atoms with Crippen LogP contribution in [0.2, 0.25) is 0 Å². The van der Waals surface area contributed by atoms with Gasteiger partial charge in [-0.15, -0.1) is 11.3 Å². The van der Waals surface area contributed by atoms with Crippen LogP contribution in [-0.4, -0.2) is 40.2 Å². The Bertz CT molecular complexity index is 1250. The SMILES string of the molecule is NC(=O)c1cc(C2CC2)ccc1-c1csc(NC(=O)C2CCCN2C(=O)CCc2ccccc2)n1. The van der Waals surface area contributed by atoms with Gasteiger partial charge in [-0.2, -0.15) is 0 Å².